The highest BCUT2D eigenvalue weighted by Gasteiger charge is 2.34. The maximum absolute atomic E-state index is 13.7. The van der Waals surface area contributed by atoms with Gasteiger partial charge in [-0.3, -0.25) is 4.79 Å². The maximum Gasteiger partial charge on any atom is 0.416 e. The van der Waals surface area contributed by atoms with E-state index in [-0.39, 0.29) is 23.8 Å². The molecule has 0 aliphatic carbocycles. The van der Waals surface area contributed by atoms with E-state index in [2.05, 4.69) is 26.0 Å². The number of benzene rings is 3. The molecule has 38 heavy (non-hydrogen) atoms. The molecule has 3 aromatic rings. The molecule has 1 unspecified atom stereocenters. The van der Waals surface area contributed by atoms with Crippen LogP contribution in [0.5, 0.6) is 5.75 Å². The van der Waals surface area contributed by atoms with Gasteiger partial charge in [0, 0.05) is 19.0 Å². The molecule has 1 fully saturated rings. The summed E-state index contributed by atoms with van der Waals surface area (Å²) in [4.78, 5) is 15.7. The van der Waals surface area contributed by atoms with Crippen LogP contribution in [0.1, 0.15) is 67.9 Å². The van der Waals surface area contributed by atoms with Crippen LogP contribution in [-0.2, 0) is 17.4 Å². The first-order chi connectivity index (χ1) is 18.1. The number of alkyl halides is 3. The van der Waals surface area contributed by atoms with Gasteiger partial charge in [-0.15, -0.1) is 0 Å². The predicted octanol–water partition coefficient (Wildman–Crippen LogP) is 8.07. The van der Waals surface area contributed by atoms with Gasteiger partial charge in [-0.2, -0.15) is 13.2 Å². The molecule has 0 saturated carbocycles. The average Bonchev–Trinajstić information content (AvgIpc) is 2.91. The number of nitrogens with zero attached hydrogens (tertiary/aromatic N) is 1. The Bertz CT molecular complexity index is 1190. The minimum Gasteiger partial charge on any atom is -0.485 e. The Morgan fingerprint density at radius 2 is 1.61 bits per heavy atom. The molecule has 1 amide bonds. The number of amides is 1. The van der Waals surface area contributed by atoms with Crippen molar-refractivity contribution in [3.8, 4) is 5.75 Å². The van der Waals surface area contributed by atoms with Crippen LogP contribution in [0.25, 0.3) is 0 Å². The Morgan fingerprint density at radius 3 is 2.26 bits per heavy atom. The van der Waals surface area contributed by atoms with E-state index < -0.39 is 11.7 Å². The zero-order valence-electron chi connectivity index (χ0n) is 22.2. The van der Waals surface area contributed by atoms with Crippen LogP contribution in [0.2, 0.25) is 0 Å². The largest absolute Gasteiger partial charge is 0.485 e. The second-order valence-electron chi connectivity index (χ2n) is 10.7. The number of ether oxygens (including phenoxy) is 1. The Balaban J connectivity index is 1.54. The average molecular weight is 524 g/mol. The number of carbonyl (C=O) groups is 1. The first kappa shape index (κ1) is 27.7. The van der Waals surface area contributed by atoms with Gasteiger partial charge in [-0.05, 0) is 73.1 Å². The first-order valence-corrected chi connectivity index (χ1v) is 13.4. The molecule has 3 atom stereocenters. The van der Waals surface area contributed by atoms with E-state index in [4.69, 9.17) is 4.74 Å². The fourth-order valence-electron chi connectivity index (χ4n) is 5.39. The summed E-state index contributed by atoms with van der Waals surface area (Å²) < 4.78 is 45.5. The fourth-order valence-corrected chi connectivity index (χ4v) is 5.39. The molecular formula is C32H36F3NO2. The van der Waals surface area contributed by atoms with Crippen molar-refractivity contribution in [2.45, 2.75) is 58.2 Å². The molecule has 202 valence electrons. The van der Waals surface area contributed by atoms with Gasteiger partial charge in [-0.1, -0.05) is 68.4 Å². The Labute approximate surface area is 223 Å². The number of rotatable bonds is 8. The molecule has 0 aromatic heterocycles. The quantitative estimate of drug-likeness (QED) is 0.299. The van der Waals surface area contributed by atoms with E-state index in [1.165, 1.54) is 17.7 Å². The third-order valence-corrected chi connectivity index (χ3v) is 7.29. The monoisotopic (exact) mass is 523 g/mol. The molecule has 0 N–H and O–H groups in total. The van der Waals surface area contributed by atoms with Crippen LogP contribution in [0, 0.1) is 11.8 Å². The van der Waals surface area contributed by atoms with E-state index in [9.17, 15) is 18.0 Å². The van der Waals surface area contributed by atoms with Gasteiger partial charge in [0.15, 0.2) is 0 Å². The molecule has 4 rings (SSSR count). The minimum atomic E-state index is -4.40. The van der Waals surface area contributed by atoms with Gasteiger partial charge in [0.2, 0.25) is 5.91 Å². The molecule has 1 aliphatic heterocycles. The number of piperidine rings is 1. The van der Waals surface area contributed by atoms with E-state index >= 15 is 0 Å². The molecule has 1 aliphatic rings. The van der Waals surface area contributed by atoms with Crippen LogP contribution in [0.4, 0.5) is 13.2 Å². The lowest BCUT2D eigenvalue weighted by Gasteiger charge is -2.38. The fraction of sp³-hybridized carbons (Fsp3) is 0.406. The third-order valence-electron chi connectivity index (χ3n) is 7.29. The highest BCUT2D eigenvalue weighted by atomic mass is 19.4. The van der Waals surface area contributed by atoms with E-state index in [1.807, 2.05) is 54.3 Å². The second kappa shape index (κ2) is 12.1. The highest BCUT2D eigenvalue weighted by molar-refractivity contribution is 5.84. The van der Waals surface area contributed by atoms with Gasteiger partial charge in [-0.25, -0.2) is 0 Å². The molecule has 6 heteroatoms. The Kier molecular flexibility index (Phi) is 8.80. The number of halogens is 3. The van der Waals surface area contributed by atoms with Crippen LogP contribution >= 0.6 is 0 Å². The summed E-state index contributed by atoms with van der Waals surface area (Å²) in [7, 11) is 0. The third kappa shape index (κ3) is 6.77. The van der Waals surface area contributed by atoms with E-state index in [1.54, 1.807) is 0 Å². The summed E-state index contributed by atoms with van der Waals surface area (Å²) in [6.07, 6.45) is -2.15. The van der Waals surface area contributed by atoms with Crippen LogP contribution in [-0.4, -0.2) is 23.9 Å². The first-order valence-electron chi connectivity index (χ1n) is 13.4. The topological polar surface area (TPSA) is 29.5 Å². The maximum atomic E-state index is 13.7. The molecule has 0 spiro atoms. The Hall–Kier alpha value is -3.28. The smallest absolute Gasteiger partial charge is 0.416 e. The summed E-state index contributed by atoms with van der Waals surface area (Å²) in [5, 5.41) is 0. The van der Waals surface area contributed by atoms with Crippen molar-refractivity contribution in [1.82, 2.24) is 4.90 Å². The van der Waals surface area contributed by atoms with Crippen molar-refractivity contribution in [3.63, 3.8) is 0 Å². The van der Waals surface area contributed by atoms with Crippen LogP contribution in [0.15, 0.2) is 78.9 Å². The van der Waals surface area contributed by atoms with Gasteiger partial charge < -0.3 is 9.64 Å². The zero-order valence-corrected chi connectivity index (χ0v) is 22.2. The van der Waals surface area contributed by atoms with Gasteiger partial charge in [0.05, 0.1) is 11.5 Å². The molecule has 1 saturated heterocycles. The predicted molar refractivity (Wildman–Crippen MR) is 144 cm³/mol. The molecule has 1 heterocycles. The summed E-state index contributed by atoms with van der Waals surface area (Å²) >= 11 is 0. The molecule has 0 bridgehead atoms. The van der Waals surface area contributed by atoms with Crippen molar-refractivity contribution in [2.75, 3.05) is 13.1 Å². The number of hydrogen-bond acceptors (Lipinski definition) is 2. The van der Waals surface area contributed by atoms with Crippen molar-refractivity contribution in [3.05, 3.63) is 101 Å². The lowest BCUT2D eigenvalue weighted by molar-refractivity contribution is -0.137. The number of hydrogen-bond donors (Lipinski definition) is 0. The minimum absolute atomic E-state index is 0.00972. The Morgan fingerprint density at radius 1 is 0.947 bits per heavy atom. The van der Waals surface area contributed by atoms with Gasteiger partial charge in [0.25, 0.3) is 0 Å². The van der Waals surface area contributed by atoms with Crippen molar-refractivity contribution >= 4 is 5.91 Å². The van der Waals surface area contributed by atoms with Crippen molar-refractivity contribution in [2.24, 2.45) is 11.8 Å². The number of carbonyl (C=O) groups excluding carboxylic acids is 1. The summed E-state index contributed by atoms with van der Waals surface area (Å²) in [5.41, 5.74) is 2.53. The van der Waals surface area contributed by atoms with Gasteiger partial charge in [0.1, 0.15) is 11.9 Å². The highest BCUT2D eigenvalue weighted by Crippen LogP contribution is 2.37. The lowest BCUT2D eigenvalue weighted by atomic mass is 9.86. The van der Waals surface area contributed by atoms with Crippen LogP contribution in [0.3, 0.4) is 0 Å². The number of likely N-dealkylation sites (tertiary alicyclic amines) is 1. The molecule has 0 radical (unpaired) electrons. The summed E-state index contributed by atoms with van der Waals surface area (Å²) in [6.45, 7) is 7.57. The summed E-state index contributed by atoms with van der Waals surface area (Å²) in [6, 6.07) is 22.8. The van der Waals surface area contributed by atoms with E-state index in [0.717, 1.165) is 42.5 Å². The van der Waals surface area contributed by atoms with Gasteiger partial charge >= 0.3 is 6.18 Å². The summed E-state index contributed by atoms with van der Waals surface area (Å²) in [5.74, 6) is 0.732. The second-order valence-corrected chi connectivity index (χ2v) is 10.7. The molecule has 3 aromatic carbocycles. The standard InChI is InChI=1S/C32H36F3NO2/c1-22(2)20-25-12-7-8-14-29(25)23(3)31(37)36-19-9-13-26(21-36)30(24-10-5-4-6-11-24)38-28-17-15-27(16-18-28)32(33,34)35/h4-8,10-12,14-18,22-23,26,30H,9,13,19-21H2,1-3H3/t23?,26-,30+/m0/s1. The molecule has 3 nitrogen and oxygen atoms in total. The van der Waals surface area contributed by atoms with Crippen molar-refractivity contribution < 1.29 is 22.7 Å². The normalized spacial score (nSPS) is 17.8. The van der Waals surface area contributed by atoms with Crippen LogP contribution < -0.4 is 4.74 Å². The van der Waals surface area contributed by atoms with Crippen molar-refractivity contribution in [1.29, 1.82) is 0 Å². The SMILES string of the molecule is CC(C)Cc1ccccc1C(C)C(=O)N1CCC[C@H]([C@H](Oc2ccc(C(F)(F)F)cc2)c2ccccc2)C1. The molecular weight excluding hydrogens is 487 g/mol. The zero-order chi connectivity index (χ0) is 27.3. The van der Waals surface area contributed by atoms with E-state index in [0.29, 0.717) is 24.8 Å². The lowest BCUT2D eigenvalue weighted by Crippen LogP contribution is -2.44.